The first-order chi connectivity index (χ1) is 7.60. The van der Waals surface area contributed by atoms with Gasteiger partial charge < -0.3 is 5.11 Å². The molecular weight excluding hydrogens is 196 g/mol. The summed E-state index contributed by atoms with van der Waals surface area (Å²) < 4.78 is 0. The first kappa shape index (κ1) is 15.0. The van der Waals surface area contributed by atoms with Gasteiger partial charge in [-0.1, -0.05) is 25.5 Å². The summed E-state index contributed by atoms with van der Waals surface area (Å²) in [4.78, 5) is 0. The summed E-state index contributed by atoms with van der Waals surface area (Å²) in [5.74, 6) is 0. The Balaban J connectivity index is 4.70. The van der Waals surface area contributed by atoms with Crippen molar-refractivity contribution in [2.45, 2.75) is 51.6 Å². The number of rotatable bonds is 8. The molecule has 1 N–H and O–H groups in total. The molecule has 0 unspecified atom stereocenters. The average Bonchev–Trinajstić information content (AvgIpc) is 2.24. The van der Waals surface area contributed by atoms with Gasteiger partial charge in [0.25, 0.3) is 0 Å². The van der Waals surface area contributed by atoms with Crippen LogP contribution in [-0.2, 0) is 0 Å². The molecule has 0 amide bonds. The third-order valence-corrected chi connectivity index (χ3v) is 2.68. The van der Waals surface area contributed by atoms with Crippen molar-refractivity contribution in [3.63, 3.8) is 0 Å². The fourth-order valence-electron chi connectivity index (χ4n) is 1.53. The molecule has 1 heteroatoms. The van der Waals surface area contributed by atoms with Gasteiger partial charge in [0.2, 0.25) is 0 Å². The molecule has 0 saturated heterocycles. The third kappa shape index (κ3) is 5.16. The van der Waals surface area contributed by atoms with Crippen molar-refractivity contribution in [3.8, 4) is 0 Å². The van der Waals surface area contributed by atoms with Gasteiger partial charge in [-0.05, 0) is 38.7 Å². The maximum Gasteiger partial charge on any atom is 0.0995 e. The number of unbranched alkanes of at least 4 members (excludes halogenated alkanes) is 2. The molecule has 0 spiro atoms. The van der Waals surface area contributed by atoms with E-state index in [2.05, 4.69) is 25.8 Å². The zero-order chi connectivity index (χ0) is 12.4. The molecular formula is C15H24O. The molecule has 0 bridgehead atoms. The summed E-state index contributed by atoms with van der Waals surface area (Å²) in [6, 6.07) is 0. The van der Waals surface area contributed by atoms with Crippen molar-refractivity contribution in [2.24, 2.45) is 0 Å². The minimum Gasteiger partial charge on any atom is -0.384 e. The minimum absolute atomic E-state index is 0.541. The highest BCUT2D eigenvalue weighted by molar-refractivity contribution is 5.17. The molecule has 0 aromatic heterocycles. The van der Waals surface area contributed by atoms with Crippen LogP contribution in [0.5, 0.6) is 0 Å². The fourth-order valence-corrected chi connectivity index (χ4v) is 1.53. The van der Waals surface area contributed by atoms with E-state index >= 15 is 0 Å². The van der Waals surface area contributed by atoms with E-state index in [4.69, 9.17) is 0 Å². The lowest BCUT2D eigenvalue weighted by Crippen LogP contribution is -2.28. The lowest BCUT2D eigenvalue weighted by Gasteiger charge is -2.25. The molecule has 1 nitrogen and oxygen atoms in total. The summed E-state index contributed by atoms with van der Waals surface area (Å²) >= 11 is 0. The molecule has 90 valence electrons. The van der Waals surface area contributed by atoms with Crippen LogP contribution in [0.25, 0.3) is 0 Å². The lowest BCUT2D eigenvalue weighted by molar-refractivity contribution is 0.0851. The number of hydrogen-bond donors (Lipinski definition) is 1. The van der Waals surface area contributed by atoms with Gasteiger partial charge in [0.15, 0.2) is 0 Å². The predicted octanol–water partition coefficient (Wildman–Crippen LogP) is 4.16. The van der Waals surface area contributed by atoms with Crippen molar-refractivity contribution >= 4 is 0 Å². The van der Waals surface area contributed by atoms with Crippen molar-refractivity contribution in [3.05, 3.63) is 42.7 Å². The molecule has 0 aromatic carbocycles. The van der Waals surface area contributed by atoms with Crippen LogP contribution in [0.2, 0.25) is 0 Å². The topological polar surface area (TPSA) is 20.2 Å². The first-order valence-corrected chi connectivity index (χ1v) is 5.97. The van der Waals surface area contributed by atoms with E-state index in [-0.39, 0.29) is 0 Å². The second-order valence-corrected chi connectivity index (χ2v) is 4.13. The zero-order valence-corrected chi connectivity index (χ0v) is 10.6. The van der Waals surface area contributed by atoms with Gasteiger partial charge >= 0.3 is 0 Å². The highest BCUT2D eigenvalue weighted by Gasteiger charge is 2.25. The second-order valence-electron chi connectivity index (χ2n) is 4.13. The van der Waals surface area contributed by atoms with E-state index in [1.54, 1.807) is 12.2 Å². The Labute approximate surface area is 99.9 Å². The van der Waals surface area contributed by atoms with Crippen LogP contribution >= 0.6 is 0 Å². The summed E-state index contributed by atoms with van der Waals surface area (Å²) in [5.41, 5.74) is 3.18. The lowest BCUT2D eigenvalue weighted by atomic mass is 9.88. The van der Waals surface area contributed by atoms with Gasteiger partial charge in [-0.2, -0.15) is 0 Å². The van der Waals surface area contributed by atoms with Crippen molar-refractivity contribution in [1.29, 1.82) is 0 Å². The number of hydrogen-bond acceptors (Lipinski definition) is 1. The van der Waals surface area contributed by atoms with Gasteiger partial charge in [-0.3, -0.25) is 0 Å². The van der Waals surface area contributed by atoms with Crippen molar-refractivity contribution < 1.29 is 5.11 Å². The van der Waals surface area contributed by atoms with Gasteiger partial charge in [0.1, 0.15) is 0 Å². The summed E-state index contributed by atoms with van der Waals surface area (Å²) in [6.07, 6.45) is 9.94. The molecule has 0 atom stereocenters. The predicted molar refractivity (Wildman–Crippen MR) is 71.4 cm³/mol. The molecule has 0 aliphatic rings. The van der Waals surface area contributed by atoms with Crippen LogP contribution in [0.15, 0.2) is 42.7 Å². The largest absolute Gasteiger partial charge is 0.384 e. The standard InChI is InChI=1S/C15H24O/c1-5-8-9-10-11-14(4)15(16,12-6-2)13-7-3/h6-7,10,16H,2-3,5,8-9,12-13H2,1,4H3. The monoisotopic (exact) mass is 220 g/mol. The first-order valence-electron chi connectivity index (χ1n) is 5.97. The van der Waals surface area contributed by atoms with Crippen LogP contribution in [0.3, 0.4) is 0 Å². The Bertz CT molecular complexity index is 270. The molecule has 0 fully saturated rings. The molecule has 0 aromatic rings. The van der Waals surface area contributed by atoms with E-state index in [1.807, 2.05) is 13.0 Å². The number of aliphatic hydroxyl groups is 1. The molecule has 16 heavy (non-hydrogen) atoms. The van der Waals surface area contributed by atoms with Gasteiger partial charge in [-0.15, -0.1) is 18.9 Å². The summed E-state index contributed by atoms with van der Waals surface area (Å²) in [7, 11) is 0. The highest BCUT2D eigenvalue weighted by atomic mass is 16.3. The maximum absolute atomic E-state index is 10.4. The Morgan fingerprint density at radius 1 is 1.31 bits per heavy atom. The Morgan fingerprint density at radius 2 is 1.88 bits per heavy atom. The summed E-state index contributed by atoms with van der Waals surface area (Å²) in [5, 5.41) is 10.4. The van der Waals surface area contributed by atoms with Crippen LogP contribution in [0.4, 0.5) is 0 Å². The van der Waals surface area contributed by atoms with Gasteiger partial charge in [0, 0.05) is 5.57 Å². The van der Waals surface area contributed by atoms with Crippen LogP contribution < -0.4 is 0 Å². The van der Waals surface area contributed by atoms with E-state index in [0.29, 0.717) is 12.8 Å². The minimum atomic E-state index is -0.855. The molecule has 0 aliphatic heterocycles. The Kier molecular flexibility index (Phi) is 7.62. The Morgan fingerprint density at radius 3 is 2.31 bits per heavy atom. The molecule has 0 rings (SSSR count). The maximum atomic E-state index is 10.4. The molecule has 0 radical (unpaired) electrons. The van der Waals surface area contributed by atoms with E-state index in [0.717, 1.165) is 12.0 Å². The molecule has 0 aliphatic carbocycles. The van der Waals surface area contributed by atoms with E-state index in [9.17, 15) is 5.11 Å². The normalized spacial score (nSPS) is 10.4. The fraction of sp³-hybridized carbons (Fsp3) is 0.533. The van der Waals surface area contributed by atoms with Crippen LogP contribution in [0.1, 0.15) is 46.0 Å². The quantitative estimate of drug-likeness (QED) is 0.370. The van der Waals surface area contributed by atoms with Gasteiger partial charge in [-0.25, -0.2) is 0 Å². The van der Waals surface area contributed by atoms with Crippen LogP contribution in [-0.4, -0.2) is 10.7 Å². The van der Waals surface area contributed by atoms with Crippen molar-refractivity contribution in [2.75, 3.05) is 0 Å². The van der Waals surface area contributed by atoms with Crippen molar-refractivity contribution in [1.82, 2.24) is 0 Å². The zero-order valence-electron chi connectivity index (χ0n) is 10.6. The highest BCUT2D eigenvalue weighted by Crippen LogP contribution is 2.25. The summed E-state index contributed by atoms with van der Waals surface area (Å²) in [6.45, 7) is 11.4. The molecule has 0 heterocycles. The Hall–Kier alpha value is -1.04. The average molecular weight is 220 g/mol. The van der Waals surface area contributed by atoms with E-state index in [1.165, 1.54) is 12.8 Å². The van der Waals surface area contributed by atoms with Crippen LogP contribution in [0, 0.1) is 0 Å². The SMILES string of the molecule is C=CCC(O)(CC=C)C(C)=C=CCCCC. The molecule has 0 saturated carbocycles. The second kappa shape index (κ2) is 8.15. The van der Waals surface area contributed by atoms with Gasteiger partial charge in [0.05, 0.1) is 5.60 Å². The van der Waals surface area contributed by atoms with E-state index < -0.39 is 5.60 Å². The smallest absolute Gasteiger partial charge is 0.0995 e. The third-order valence-electron chi connectivity index (χ3n) is 2.68.